The highest BCUT2D eigenvalue weighted by atomic mass is 32.2. The molecule has 1 aromatic heterocycles. The van der Waals surface area contributed by atoms with Crippen molar-refractivity contribution in [1.82, 2.24) is 9.97 Å². The maximum Gasteiger partial charge on any atom is 0.157 e. The Hall–Kier alpha value is -1.63. The first-order valence-corrected chi connectivity index (χ1v) is 7.73. The summed E-state index contributed by atoms with van der Waals surface area (Å²) in [5.74, 6) is 6.68. The number of hydrogen-bond donors (Lipinski definition) is 2. The fraction of sp³-hybridized carbons (Fsp3) is 0.333. The molecule has 3 rings (SSSR count). The van der Waals surface area contributed by atoms with E-state index in [1.807, 2.05) is 6.07 Å². The van der Waals surface area contributed by atoms with E-state index in [0.717, 1.165) is 5.03 Å². The molecule has 0 amide bonds. The van der Waals surface area contributed by atoms with Crippen molar-refractivity contribution in [3.05, 3.63) is 41.2 Å². The summed E-state index contributed by atoms with van der Waals surface area (Å²) in [7, 11) is 1.62. The van der Waals surface area contributed by atoms with E-state index in [0.29, 0.717) is 18.2 Å². The average Bonchev–Trinajstić information content (AvgIpc) is 2.95. The molecule has 1 aliphatic rings. The van der Waals surface area contributed by atoms with Crippen molar-refractivity contribution in [2.45, 2.75) is 35.8 Å². The van der Waals surface area contributed by atoms with E-state index >= 15 is 0 Å². The normalized spacial score (nSPS) is 13.2. The minimum absolute atomic E-state index is 0.368. The highest BCUT2D eigenvalue weighted by molar-refractivity contribution is 7.99. The second kappa shape index (κ2) is 6.43. The quantitative estimate of drug-likeness (QED) is 0.502. The average molecular weight is 302 g/mol. The molecule has 0 unspecified atom stereocenters. The Morgan fingerprint density at radius 1 is 1.24 bits per heavy atom. The Balaban J connectivity index is 1.85. The van der Waals surface area contributed by atoms with Gasteiger partial charge < -0.3 is 10.2 Å². The van der Waals surface area contributed by atoms with Gasteiger partial charge in [-0.1, -0.05) is 17.8 Å². The SMILES string of the molecule is COCc1nc(NN)cc(Sc2ccc3c(c2)CCC3)n1. The molecule has 21 heavy (non-hydrogen) atoms. The van der Waals surface area contributed by atoms with E-state index in [-0.39, 0.29) is 0 Å². The van der Waals surface area contributed by atoms with E-state index < -0.39 is 0 Å². The molecular formula is C15H18N4OS. The van der Waals surface area contributed by atoms with Crippen LogP contribution in [0.15, 0.2) is 34.2 Å². The van der Waals surface area contributed by atoms with Gasteiger partial charge in [0.1, 0.15) is 17.5 Å². The summed E-state index contributed by atoms with van der Waals surface area (Å²) >= 11 is 1.62. The lowest BCUT2D eigenvalue weighted by atomic mass is 10.1. The Labute approximate surface area is 128 Å². The van der Waals surface area contributed by atoms with Crippen LogP contribution in [-0.4, -0.2) is 17.1 Å². The minimum atomic E-state index is 0.368. The lowest BCUT2D eigenvalue weighted by Gasteiger charge is -2.08. The van der Waals surface area contributed by atoms with E-state index in [1.54, 1.807) is 18.9 Å². The smallest absolute Gasteiger partial charge is 0.157 e. The first kappa shape index (κ1) is 14.3. The van der Waals surface area contributed by atoms with E-state index in [9.17, 15) is 0 Å². The fourth-order valence-electron chi connectivity index (χ4n) is 2.53. The van der Waals surface area contributed by atoms with Crippen molar-refractivity contribution in [2.75, 3.05) is 12.5 Å². The summed E-state index contributed by atoms with van der Waals surface area (Å²) in [5.41, 5.74) is 5.51. The fourth-order valence-corrected chi connectivity index (χ4v) is 3.43. The summed E-state index contributed by atoms with van der Waals surface area (Å²) in [6.07, 6.45) is 3.64. The second-order valence-corrected chi connectivity index (χ2v) is 6.06. The predicted octanol–water partition coefficient (Wildman–Crippen LogP) is 2.55. The van der Waals surface area contributed by atoms with Gasteiger partial charge in [-0.15, -0.1) is 0 Å². The van der Waals surface area contributed by atoms with Crippen LogP contribution in [0.5, 0.6) is 0 Å². The van der Waals surface area contributed by atoms with Crippen molar-refractivity contribution >= 4 is 17.6 Å². The predicted molar refractivity (Wildman–Crippen MR) is 83.1 cm³/mol. The van der Waals surface area contributed by atoms with E-state index in [2.05, 4.69) is 33.6 Å². The number of ether oxygens (including phenoxy) is 1. The second-order valence-electron chi connectivity index (χ2n) is 4.97. The zero-order valence-corrected chi connectivity index (χ0v) is 12.7. The van der Waals surface area contributed by atoms with Gasteiger partial charge in [-0.3, -0.25) is 0 Å². The molecule has 0 saturated heterocycles. The number of nitrogens with zero attached hydrogens (tertiary/aromatic N) is 2. The Bertz CT molecular complexity index is 648. The van der Waals surface area contributed by atoms with Gasteiger partial charge >= 0.3 is 0 Å². The summed E-state index contributed by atoms with van der Waals surface area (Å²) in [5, 5.41) is 0.864. The zero-order chi connectivity index (χ0) is 14.7. The van der Waals surface area contributed by atoms with E-state index in [1.165, 1.54) is 35.3 Å². The number of methoxy groups -OCH3 is 1. The van der Waals surface area contributed by atoms with Crippen LogP contribution in [0.3, 0.4) is 0 Å². The van der Waals surface area contributed by atoms with Crippen molar-refractivity contribution in [3.8, 4) is 0 Å². The van der Waals surface area contributed by atoms with Crippen LogP contribution in [0.2, 0.25) is 0 Å². The molecule has 0 atom stereocenters. The van der Waals surface area contributed by atoms with Crippen molar-refractivity contribution in [1.29, 1.82) is 0 Å². The van der Waals surface area contributed by atoms with Gasteiger partial charge in [-0.25, -0.2) is 15.8 Å². The highest BCUT2D eigenvalue weighted by Crippen LogP contribution is 2.31. The van der Waals surface area contributed by atoms with Gasteiger partial charge in [0, 0.05) is 18.1 Å². The number of nitrogen functional groups attached to an aromatic ring is 1. The molecule has 5 nitrogen and oxygen atoms in total. The minimum Gasteiger partial charge on any atom is -0.377 e. The highest BCUT2D eigenvalue weighted by Gasteiger charge is 2.12. The molecular weight excluding hydrogens is 284 g/mol. The Kier molecular flexibility index (Phi) is 4.38. The molecule has 0 saturated carbocycles. The molecule has 1 aromatic carbocycles. The number of aromatic nitrogens is 2. The van der Waals surface area contributed by atoms with Gasteiger partial charge in [0.2, 0.25) is 0 Å². The Morgan fingerprint density at radius 2 is 2.10 bits per heavy atom. The summed E-state index contributed by atoms with van der Waals surface area (Å²) in [4.78, 5) is 9.94. The molecule has 3 N–H and O–H groups in total. The van der Waals surface area contributed by atoms with Crippen molar-refractivity contribution in [3.63, 3.8) is 0 Å². The molecule has 0 bridgehead atoms. The summed E-state index contributed by atoms with van der Waals surface area (Å²) in [6, 6.07) is 8.49. The number of hydrazine groups is 1. The lowest BCUT2D eigenvalue weighted by Crippen LogP contribution is -2.11. The maximum atomic E-state index is 5.46. The number of benzene rings is 1. The number of fused-ring (bicyclic) bond motifs is 1. The number of nitrogens with two attached hydrogens (primary N) is 1. The van der Waals surface area contributed by atoms with Crippen LogP contribution >= 0.6 is 11.8 Å². The van der Waals surface area contributed by atoms with Crippen molar-refractivity contribution < 1.29 is 4.74 Å². The standard InChI is InChI=1S/C15H18N4OS/c1-20-9-14-17-13(19-16)8-15(18-14)21-12-6-5-10-3-2-4-11(10)7-12/h5-8H,2-4,9,16H2,1H3,(H,17,18,19). The molecule has 0 radical (unpaired) electrons. The molecule has 1 aliphatic carbocycles. The molecule has 2 aromatic rings. The number of nitrogens with one attached hydrogen (secondary N) is 1. The third-order valence-corrected chi connectivity index (χ3v) is 4.37. The van der Waals surface area contributed by atoms with Gasteiger partial charge in [0.05, 0.1) is 0 Å². The first-order chi connectivity index (χ1) is 10.3. The Morgan fingerprint density at radius 3 is 2.90 bits per heavy atom. The van der Waals surface area contributed by atoms with Gasteiger partial charge in [0.15, 0.2) is 5.82 Å². The molecule has 110 valence electrons. The largest absolute Gasteiger partial charge is 0.377 e. The zero-order valence-electron chi connectivity index (χ0n) is 11.9. The van der Waals surface area contributed by atoms with Crippen LogP contribution in [0.1, 0.15) is 23.4 Å². The molecule has 0 fully saturated rings. The summed E-state index contributed by atoms with van der Waals surface area (Å²) in [6.45, 7) is 0.368. The van der Waals surface area contributed by atoms with Gasteiger partial charge in [0.25, 0.3) is 0 Å². The van der Waals surface area contributed by atoms with Crippen molar-refractivity contribution in [2.24, 2.45) is 5.84 Å². The molecule has 0 spiro atoms. The number of rotatable bonds is 5. The monoisotopic (exact) mass is 302 g/mol. The number of anilines is 1. The van der Waals surface area contributed by atoms with E-state index in [4.69, 9.17) is 10.6 Å². The maximum absolute atomic E-state index is 5.46. The van der Waals surface area contributed by atoms with Crippen LogP contribution < -0.4 is 11.3 Å². The van der Waals surface area contributed by atoms with Crippen LogP contribution in [0.25, 0.3) is 0 Å². The van der Waals surface area contributed by atoms with Crippen LogP contribution in [0.4, 0.5) is 5.82 Å². The number of hydrogen-bond acceptors (Lipinski definition) is 6. The topological polar surface area (TPSA) is 73.1 Å². The molecule has 1 heterocycles. The summed E-state index contributed by atoms with van der Waals surface area (Å²) < 4.78 is 5.09. The van der Waals surface area contributed by atoms with Gasteiger partial charge in [-0.2, -0.15) is 0 Å². The third kappa shape index (κ3) is 3.34. The molecule has 0 aliphatic heterocycles. The van der Waals surface area contributed by atoms with Crippen LogP contribution in [0, 0.1) is 0 Å². The van der Waals surface area contributed by atoms with Crippen LogP contribution in [-0.2, 0) is 24.2 Å². The van der Waals surface area contributed by atoms with Gasteiger partial charge in [-0.05, 0) is 42.5 Å². The molecule has 6 heteroatoms. The number of aryl methyl sites for hydroxylation is 2. The lowest BCUT2D eigenvalue weighted by molar-refractivity contribution is 0.177. The first-order valence-electron chi connectivity index (χ1n) is 6.91. The third-order valence-electron chi connectivity index (χ3n) is 3.46.